The van der Waals surface area contributed by atoms with Gasteiger partial charge in [0.25, 0.3) is 0 Å². The summed E-state index contributed by atoms with van der Waals surface area (Å²) >= 11 is 0. The molecule has 6 heteroatoms. The van der Waals surface area contributed by atoms with Gasteiger partial charge < -0.3 is 14.5 Å². The number of ether oxygens (including phenoxy) is 1. The molecule has 1 aromatic heterocycles. The van der Waals surface area contributed by atoms with Crippen molar-refractivity contribution in [3.63, 3.8) is 0 Å². The quantitative estimate of drug-likeness (QED) is 0.786. The van der Waals surface area contributed by atoms with Crippen LogP contribution in [0.4, 0.5) is 5.95 Å². The van der Waals surface area contributed by atoms with Gasteiger partial charge in [0.15, 0.2) is 0 Å². The Morgan fingerprint density at radius 3 is 2.70 bits per heavy atom. The van der Waals surface area contributed by atoms with E-state index in [9.17, 15) is 4.79 Å². The van der Waals surface area contributed by atoms with Crippen LogP contribution in [0.1, 0.15) is 12.0 Å². The third-order valence-corrected chi connectivity index (χ3v) is 3.97. The Hall–Kier alpha value is -1.69. The molecule has 0 aromatic carbocycles. The molecule has 2 saturated heterocycles. The number of aryl methyl sites for hydroxylation is 1. The highest BCUT2D eigenvalue weighted by molar-refractivity contribution is 5.79. The number of rotatable bonds is 2. The Labute approximate surface area is 118 Å². The predicted octanol–water partition coefficient (Wildman–Crippen LogP) is 0.467. The molecule has 0 radical (unpaired) electrons. The largest absolute Gasteiger partial charge is 0.370 e. The molecular weight excluding hydrogens is 256 g/mol. The summed E-state index contributed by atoms with van der Waals surface area (Å²) in [5, 5.41) is 0. The van der Waals surface area contributed by atoms with E-state index < -0.39 is 0 Å². The van der Waals surface area contributed by atoms with Crippen molar-refractivity contribution < 1.29 is 9.53 Å². The molecule has 0 N–H and O–H groups in total. The zero-order chi connectivity index (χ0) is 14.3. The zero-order valence-electron chi connectivity index (χ0n) is 12.1. The lowest BCUT2D eigenvalue weighted by molar-refractivity contribution is -0.134. The first-order valence-electron chi connectivity index (χ1n) is 6.95. The molecule has 3 atom stereocenters. The minimum Gasteiger partial charge on any atom is -0.370 e. The molecule has 0 aliphatic carbocycles. The molecule has 108 valence electrons. The second kappa shape index (κ2) is 5.01. The fourth-order valence-corrected chi connectivity index (χ4v) is 2.96. The summed E-state index contributed by atoms with van der Waals surface area (Å²) in [5.41, 5.74) is 1.05. The summed E-state index contributed by atoms with van der Waals surface area (Å²) in [4.78, 5) is 24.7. The molecule has 0 unspecified atom stereocenters. The number of hydrogen-bond donors (Lipinski definition) is 0. The molecule has 1 aromatic rings. The Morgan fingerprint density at radius 2 is 2.05 bits per heavy atom. The van der Waals surface area contributed by atoms with E-state index in [0.29, 0.717) is 6.54 Å². The van der Waals surface area contributed by atoms with Gasteiger partial charge in [-0.3, -0.25) is 4.79 Å². The molecule has 1 amide bonds. The SMILES string of the molecule is Cc1cnc(N2C[C@@H]3C[C@@H](C(=O)N(C)C)[C@H](C2)O3)nc1. The smallest absolute Gasteiger partial charge is 0.227 e. The number of carbonyl (C=O) groups excluding carboxylic acids is 1. The summed E-state index contributed by atoms with van der Waals surface area (Å²) in [5.74, 6) is 0.849. The summed E-state index contributed by atoms with van der Waals surface area (Å²) in [6.07, 6.45) is 4.50. The van der Waals surface area contributed by atoms with Crippen LogP contribution in [-0.2, 0) is 9.53 Å². The fraction of sp³-hybridized carbons (Fsp3) is 0.643. The molecule has 2 bridgehead atoms. The number of amides is 1. The van der Waals surface area contributed by atoms with Gasteiger partial charge in [-0.05, 0) is 18.9 Å². The standard InChI is InChI=1S/C14H20N4O2/c1-9-5-15-14(16-6-9)18-7-10-4-11(12(8-18)20-10)13(19)17(2)3/h5-6,10-12H,4,7-8H2,1-3H3/t10-,11+,12-/m0/s1. The molecule has 6 nitrogen and oxygen atoms in total. The number of nitrogens with zero attached hydrogens (tertiary/aromatic N) is 4. The number of morpholine rings is 1. The molecule has 0 spiro atoms. The Bertz CT molecular complexity index is 502. The number of anilines is 1. The average Bonchev–Trinajstić information content (AvgIpc) is 2.73. The molecule has 3 rings (SSSR count). The van der Waals surface area contributed by atoms with E-state index in [1.165, 1.54) is 0 Å². The van der Waals surface area contributed by atoms with E-state index in [1.807, 2.05) is 19.3 Å². The second-order valence-corrected chi connectivity index (χ2v) is 5.84. The maximum absolute atomic E-state index is 12.2. The molecule has 2 aliphatic heterocycles. The van der Waals surface area contributed by atoms with Crippen molar-refractivity contribution in [2.45, 2.75) is 25.6 Å². The Kier molecular flexibility index (Phi) is 3.33. The van der Waals surface area contributed by atoms with E-state index in [1.54, 1.807) is 19.0 Å². The third-order valence-electron chi connectivity index (χ3n) is 3.97. The zero-order valence-corrected chi connectivity index (χ0v) is 12.1. The van der Waals surface area contributed by atoms with Gasteiger partial charge in [0.2, 0.25) is 11.9 Å². The van der Waals surface area contributed by atoms with Crippen LogP contribution in [0.15, 0.2) is 12.4 Å². The van der Waals surface area contributed by atoms with Crippen LogP contribution in [0.25, 0.3) is 0 Å². The number of fused-ring (bicyclic) bond motifs is 2. The van der Waals surface area contributed by atoms with Crippen molar-refractivity contribution in [2.24, 2.45) is 5.92 Å². The number of aromatic nitrogens is 2. The maximum Gasteiger partial charge on any atom is 0.227 e. The molecule has 20 heavy (non-hydrogen) atoms. The highest BCUT2D eigenvalue weighted by atomic mass is 16.5. The van der Waals surface area contributed by atoms with Crippen molar-refractivity contribution in [3.05, 3.63) is 18.0 Å². The molecule has 2 fully saturated rings. The van der Waals surface area contributed by atoms with E-state index in [2.05, 4.69) is 14.9 Å². The van der Waals surface area contributed by atoms with Crippen LogP contribution in [0.2, 0.25) is 0 Å². The van der Waals surface area contributed by atoms with Crippen LogP contribution in [0, 0.1) is 12.8 Å². The normalized spacial score (nSPS) is 28.6. The van der Waals surface area contributed by atoms with Crippen LogP contribution in [0.3, 0.4) is 0 Å². The lowest BCUT2D eigenvalue weighted by Crippen LogP contribution is -2.46. The minimum absolute atomic E-state index is 0.0366. The third kappa shape index (κ3) is 2.35. The molecule has 3 heterocycles. The second-order valence-electron chi connectivity index (χ2n) is 5.84. The summed E-state index contributed by atoms with van der Waals surface area (Å²) in [6.45, 7) is 3.42. The predicted molar refractivity (Wildman–Crippen MR) is 74.4 cm³/mol. The van der Waals surface area contributed by atoms with Gasteiger partial charge in [-0.25, -0.2) is 9.97 Å². The van der Waals surface area contributed by atoms with Crippen molar-refractivity contribution >= 4 is 11.9 Å². The van der Waals surface area contributed by atoms with Crippen LogP contribution >= 0.6 is 0 Å². The highest BCUT2D eigenvalue weighted by Gasteiger charge is 2.45. The van der Waals surface area contributed by atoms with Crippen LogP contribution < -0.4 is 4.90 Å². The van der Waals surface area contributed by atoms with Gasteiger partial charge in [-0.15, -0.1) is 0 Å². The lowest BCUT2D eigenvalue weighted by atomic mass is 9.99. The Morgan fingerprint density at radius 1 is 1.35 bits per heavy atom. The van der Waals surface area contributed by atoms with E-state index in [4.69, 9.17) is 4.74 Å². The highest BCUT2D eigenvalue weighted by Crippen LogP contribution is 2.33. The fourth-order valence-electron chi connectivity index (χ4n) is 2.96. The summed E-state index contributed by atoms with van der Waals surface area (Å²) < 4.78 is 5.91. The van der Waals surface area contributed by atoms with Gasteiger partial charge in [0, 0.05) is 39.6 Å². The topological polar surface area (TPSA) is 58.6 Å². The monoisotopic (exact) mass is 276 g/mol. The lowest BCUT2D eigenvalue weighted by Gasteiger charge is -2.33. The van der Waals surface area contributed by atoms with Gasteiger partial charge >= 0.3 is 0 Å². The van der Waals surface area contributed by atoms with E-state index >= 15 is 0 Å². The van der Waals surface area contributed by atoms with Crippen LogP contribution in [-0.4, -0.2) is 60.2 Å². The van der Waals surface area contributed by atoms with Gasteiger partial charge in [0.1, 0.15) is 0 Å². The van der Waals surface area contributed by atoms with Gasteiger partial charge in [-0.2, -0.15) is 0 Å². The first-order valence-corrected chi connectivity index (χ1v) is 6.95. The number of hydrogen-bond acceptors (Lipinski definition) is 5. The average molecular weight is 276 g/mol. The Balaban J connectivity index is 1.75. The maximum atomic E-state index is 12.2. The minimum atomic E-state index is -0.0476. The van der Waals surface area contributed by atoms with Gasteiger partial charge in [-0.1, -0.05) is 0 Å². The first-order chi connectivity index (χ1) is 9.54. The first kappa shape index (κ1) is 13.3. The van der Waals surface area contributed by atoms with Crippen molar-refractivity contribution in [1.29, 1.82) is 0 Å². The molecule has 2 aliphatic rings. The van der Waals surface area contributed by atoms with Gasteiger partial charge in [0.05, 0.1) is 18.1 Å². The van der Waals surface area contributed by atoms with E-state index in [0.717, 1.165) is 24.5 Å². The van der Waals surface area contributed by atoms with E-state index in [-0.39, 0.29) is 24.0 Å². The molecule has 0 saturated carbocycles. The van der Waals surface area contributed by atoms with Crippen molar-refractivity contribution in [3.8, 4) is 0 Å². The van der Waals surface area contributed by atoms with Crippen molar-refractivity contribution in [2.75, 3.05) is 32.1 Å². The van der Waals surface area contributed by atoms with Crippen LogP contribution in [0.5, 0.6) is 0 Å². The number of carbonyl (C=O) groups is 1. The summed E-state index contributed by atoms with van der Waals surface area (Å²) in [6, 6.07) is 0. The van der Waals surface area contributed by atoms with Crippen molar-refractivity contribution in [1.82, 2.24) is 14.9 Å². The molecular formula is C14H20N4O2. The summed E-state index contributed by atoms with van der Waals surface area (Å²) in [7, 11) is 3.59.